The summed E-state index contributed by atoms with van der Waals surface area (Å²) in [5.74, 6) is 1.54. The molecule has 4 rings (SSSR count). The third-order valence-corrected chi connectivity index (χ3v) is 4.12. The van der Waals surface area contributed by atoms with Crippen LogP contribution in [0.2, 0.25) is 0 Å². The number of nitrogens with one attached hydrogen (secondary N) is 2. The summed E-state index contributed by atoms with van der Waals surface area (Å²) in [6, 6.07) is 16.8. The van der Waals surface area contributed by atoms with Gasteiger partial charge in [-0.05, 0) is 36.8 Å². The molecule has 0 bridgehead atoms. The molecule has 2 heterocycles. The number of aromatic nitrogens is 2. The van der Waals surface area contributed by atoms with E-state index in [0.29, 0.717) is 29.5 Å². The van der Waals surface area contributed by atoms with Crippen molar-refractivity contribution >= 4 is 17.4 Å². The maximum atomic E-state index is 12.3. The van der Waals surface area contributed by atoms with Gasteiger partial charge in [0.2, 0.25) is 6.79 Å². The van der Waals surface area contributed by atoms with Crippen LogP contribution in [0.25, 0.3) is 0 Å². The Morgan fingerprint density at radius 3 is 2.59 bits per heavy atom. The first-order chi connectivity index (χ1) is 13.2. The summed E-state index contributed by atoms with van der Waals surface area (Å²) >= 11 is 0. The molecular formula is C20H18N4O3. The van der Waals surface area contributed by atoms with Gasteiger partial charge in [-0.25, -0.2) is 0 Å². The van der Waals surface area contributed by atoms with Gasteiger partial charge in [0, 0.05) is 18.3 Å². The maximum Gasteiger partial charge on any atom is 0.276 e. The van der Waals surface area contributed by atoms with E-state index in [0.717, 1.165) is 5.56 Å². The minimum absolute atomic E-state index is 0.190. The monoisotopic (exact) mass is 362 g/mol. The third kappa shape index (κ3) is 3.98. The van der Waals surface area contributed by atoms with E-state index in [4.69, 9.17) is 9.47 Å². The Morgan fingerprint density at radius 2 is 1.81 bits per heavy atom. The van der Waals surface area contributed by atoms with Gasteiger partial charge in [0.15, 0.2) is 17.2 Å². The Labute approximate surface area is 156 Å². The molecule has 0 saturated heterocycles. The molecule has 0 unspecified atom stereocenters. The molecule has 0 atom stereocenters. The normalized spacial score (nSPS) is 11.9. The molecule has 2 N–H and O–H groups in total. The van der Waals surface area contributed by atoms with Gasteiger partial charge in [-0.3, -0.25) is 4.79 Å². The van der Waals surface area contributed by atoms with Gasteiger partial charge in [-0.2, -0.15) is 0 Å². The first-order valence-corrected chi connectivity index (χ1v) is 8.51. The van der Waals surface area contributed by atoms with Crippen LogP contribution in [0.4, 0.5) is 11.5 Å². The van der Waals surface area contributed by atoms with Crippen molar-refractivity contribution in [3.05, 3.63) is 71.4 Å². The Bertz CT molecular complexity index is 956. The number of ether oxygens (including phenoxy) is 2. The van der Waals surface area contributed by atoms with Crippen LogP contribution in [0.5, 0.6) is 11.5 Å². The average Bonchev–Trinajstić information content (AvgIpc) is 3.16. The molecule has 2 aromatic carbocycles. The molecule has 3 aromatic rings. The highest BCUT2D eigenvalue weighted by Crippen LogP contribution is 2.34. The lowest BCUT2D eigenvalue weighted by molar-refractivity contribution is 0.102. The van der Waals surface area contributed by atoms with Crippen LogP contribution in [-0.2, 0) is 6.54 Å². The molecule has 0 fully saturated rings. The minimum atomic E-state index is -0.341. The highest BCUT2D eigenvalue weighted by molar-refractivity contribution is 6.03. The van der Waals surface area contributed by atoms with E-state index < -0.39 is 0 Å². The van der Waals surface area contributed by atoms with Gasteiger partial charge in [0.05, 0.1) is 0 Å². The molecule has 0 saturated carbocycles. The summed E-state index contributed by atoms with van der Waals surface area (Å²) in [5.41, 5.74) is 3.20. The van der Waals surface area contributed by atoms with Gasteiger partial charge in [-0.1, -0.05) is 29.8 Å². The molecule has 136 valence electrons. The van der Waals surface area contributed by atoms with E-state index in [9.17, 15) is 4.79 Å². The fourth-order valence-corrected chi connectivity index (χ4v) is 2.62. The van der Waals surface area contributed by atoms with E-state index >= 15 is 0 Å². The second-order valence-electron chi connectivity index (χ2n) is 6.17. The molecule has 7 nitrogen and oxygen atoms in total. The standard InChI is InChI=1S/C20H18N4O3/c1-13-2-4-14(5-3-13)11-21-19-9-7-16(23-24-19)20(25)22-15-6-8-17-18(10-15)27-12-26-17/h2-10H,11-12H2,1H3,(H,21,24)(H,22,25). The van der Waals surface area contributed by atoms with Crippen molar-refractivity contribution in [2.75, 3.05) is 17.4 Å². The van der Waals surface area contributed by atoms with Crippen molar-refractivity contribution in [2.45, 2.75) is 13.5 Å². The number of benzene rings is 2. The first-order valence-electron chi connectivity index (χ1n) is 8.51. The van der Waals surface area contributed by atoms with Crippen LogP contribution in [0.1, 0.15) is 21.6 Å². The van der Waals surface area contributed by atoms with Crippen molar-refractivity contribution in [1.82, 2.24) is 10.2 Å². The van der Waals surface area contributed by atoms with E-state index in [1.165, 1.54) is 5.56 Å². The van der Waals surface area contributed by atoms with Gasteiger partial charge in [0.1, 0.15) is 5.82 Å². The zero-order valence-electron chi connectivity index (χ0n) is 14.7. The molecule has 0 aliphatic carbocycles. The lowest BCUT2D eigenvalue weighted by atomic mass is 10.1. The van der Waals surface area contributed by atoms with Crippen LogP contribution in [0, 0.1) is 6.92 Å². The number of carbonyl (C=O) groups excluding carboxylic acids is 1. The number of nitrogens with zero attached hydrogens (tertiary/aromatic N) is 2. The summed E-state index contributed by atoms with van der Waals surface area (Å²) in [6.07, 6.45) is 0. The first kappa shape index (κ1) is 16.8. The smallest absolute Gasteiger partial charge is 0.276 e. The molecule has 1 amide bonds. The summed E-state index contributed by atoms with van der Waals surface area (Å²) in [6.45, 7) is 2.88. The number of aryl methyl sites for hydroxylation is 1. The Balaban J connectivity index is 1.36. The maximum absolute atomic E-state index is 12.3. The number of fused-ring (bicyclic) bond motifs is 1. The van der Waals surface area contributed by atoms with E-state index in [1.807, 2.05) is 0 Å². The zero-order valence-corrected chi connectivity index (χ0v) is 14.7. The Hall–Kier alpha value is -3.61. The van der Waals surface area contributed by atoms with Gasteiger partial charge >= 0.3 is 0 Å². The molecule has 1 aromatic heterocycles. The lowest BCUT2D eigenvalue weighted by Crippen LogP contribution is -2.14. The molecule has 0 radical (unpaired) electrons. The summed E-state index contributed by atoms with van der Waals surface area (Å²) in [5, 5.41) is 14.0. The molecule has 1 aliphatic heterocycles. The number of rotatable bonds is 5. The van der Waals surface area contributed by atoms with Gasteiger partial charge < -0.3 is 20.1 Å². The summed E-state index contributed by atoms with van der Waals surface area (Å²) in [4.78, 5) is 12.3. The lowest BCUT2D eigenvalue weighted by Gasteiger charge is -2.07. The van der Waals surface area contributed by atoms with Crippen LogP contribution in [-0.4, -0.2) is 22.9 Å². The summed E-state index contributed by atoms with van der Waals surface area (Å²) < 4.78 is 10.6. The quantitative estimate of drug-likeness (QED) is 0.724. The van der Waals surface area contributed by atoms with Crippen molar-refractivity contribution < 1.29 is 14.3 Å². The highest BCUT2D eigenvalue weighted by Gasteiger charge is 2.15. The Morgan fingerprint density at radius 1 is 1.00 bits per heavy atom. The SMILES string of the molecule is Cc1ccc(CNc2ccc(C(=O)Nc3ccc4c(c3)OCO4)nn2)cc1. The zero-order chi connectivity index (χ0) is 18.6. The molecular weight excluding hydrogens is 344 g/mol. The van der Waals surface area contributed by atoms with E-state index in [2.05, 4.69) is 52.0 Å². The number of anilines is 2. The molecule has 7 heteroatoms. The van der Waals surface area contributed by atoms with Gasteiger partial charge in [-0.15, -0.1) is 10.2 Å². The minimum Gasteiger partial charge on any atom is -0.454 e. The van der Waals surface area contributed by atoms with Crippen molar-refractivity contribution in [3.8, 4) is 11.5 Å². The Kier molecular flexibility index (Phi) is 4.57. The summed E-state index contributed by atoms with van der Waals surface area (Å²) in [7, 11) is 0. The second-order valence-corrected chi connectivity index (χ2v) is 6.17. The second kappa shape index (κ2) is 7.33. The van der Waals surface area contributed by atoms with Crippen molar-refractivity contribution in [2.24, 2.45) is 0 Å². The molecule has 0 spiro atoms. The predicted octanol–water partition coefficient (Wildman–Crippen LogP) is 3.38. The number of hydrogen-bond acceptors (Lipinski definition) is 6. The van der Waals surface area contributed by atoms with Crippen LogP contribution >= 0.6 is 0 Å². The van der Waals surface area contributed by atoms with E-state index in [1.54, 1.807) is 30.3 Å². The molecule has 27 heavy (non-hydrogen) atoms. The van der Waals surface area contributed by atoms with Crippen LogP contribution in [0.3, 0.4) is 0 Å². The number of hydrogen-bond donors (Lipinski definition) is 2. The topological polar surface area (TPSA) is 85.4 Å². The molecule has 1 aliphatic rings. The highest BCUT2D eigenvalue weighted by atomic mass is 16.7. The number of carbonyl (C=O) groups is 1. The van der Waals surface area contributed by atoms with E-state index in [-0.39, 0.29) is 18.4 Å². The third-order valence-electron chi connectivity index (χ3n) is 4.12. The number of amides is 1. The fourth-order valence-electron chi connectivity index (χ4n) is 2.62. The van der Waals surface area contributed by atoms with Crippen molar-refractivity contribution in [1.29, 1.82) is 0 Å². The average molecular weight is 362 g/mol. The van der Waals surface area contributed by atoms with Crippen LogP contribution in [0.15, 0.2) is 54.6 Å². The van der Waals surface area contributed by atoms with Gasteiger partial charge in [0.25, 0.3) is 5.91 Å². The largest absolute Gasteiger partial charge is 0.454 e. The van der Waals surface area contributed by atoms with Crippen LogP contribution < -0.4 is 20.1 Å². The fraction of sp³-hybridized carbons (Fsp3) is 0.150. The van der Waals surface area contributed by atoms with Crippen molar-refractivity contribution in [3.63, 3.8) is 0 Å². The predicted molar refractivity (Wildman–Crippen MR) is 101 cm³/mol.